The molecule has 1 rings (SSSR count). The van der Waals surface area contributed by atoms with Crippen molar-refractivity contribution in [3.63, 3.8) is 0 Å². The highest BCUT2D eigenvalue weighted by Gasteiger charge is 2.08. The van der Waals surface area contributed by atoms with Crippen LogP contribution in [0.25, 0.3) is 0 Å². The Kier molecular flexibility index (Phi) is 5.13. The van der Waals surface area contributed by atoms with Crippen molar-refractivity contribution < 1.29 is 0 Å². The summed E-state index contributed by atoms with van der Waals surface area (Å²) < 4.78 is 1.18. The Labute approximate surface area is 105 Å². The molecule has 0 bridgehead atoms. The number of unbranched alkanes of at least 4 members (excludes halogenated alkanes) is 1. The van der Waals surface area contributed by atoms with Crippen LogP contribution >= 0.6 is 11.6 Å². The van der Waals surface area contributed by atoms with E-state index >= 15 is 0 Å². The van der Waals surface area contributed by atoms with E-state index in [2.05, 4.69) is 22.3 Å². The SMILES string of the molecule is C#CCCCNc1c(Cl)cnn(CC#C)c1=O. The second kappa shape index (κ2) is 6.62. The normalized spacial score (nSPS) is 9.35. The topological polar surface area (TPSA) is 46.9 Å². The molecule has 0 atom stereocenters. The molecule has 0 radical (unpaired) electrons. The molecule has 5 heteroatoms. The van der Waals surface area contributed by atoms with Crippen LogP contribution in [0.5, 0.6) is 0 Å². The van der Waals surface area contributed by atoms with Gasteiger partial charge in [-0.05, 0) is 6.42 Å². The fraction of sp³-hybridized carbons (Fsp3) is 0.333. The molecule has 88 valence electrons. The number of hydrogen-bond acceptors (Lipinski definition) is 3. The van der Waals surface area contributed by atoms with Crippen LogP contribution in [0, 0.1) is 24.7 Å². The summed E-state index contributed by atoms with van der Waals surface area (Å²) in [6, 6.07) is 0. The fourth-order valence-corrected chi connectivity index (χ4v) is 1.42. The van der Waals surface area contributed by atoms with Gasteiger partial charge in [-0.1, -0.05) is 17.5 Å². The zero-order chi connectivity index (χ0) is 12.7. The van der Waals surface area contributed by atoms with Gasteiger partial charge in [0.1, 0.15) is 12.2 Å². The van der Waals surface area contributed by atoms with Crippen molar-refractivity contribution in [2.24, 2.45) is 0 Å². The molecule has 0 spiro atoms. The molecule has 0 unspecified atom stereocenters. The van der Waals surface area contributed by atoms with Crippen molar-refractivity contribution >= 4 is 17.3 Å². The van der Waals surface area contributed by atoms with Crippen LogP contribution in [0.1, 0.15) is 12.8 Å². The lowest BCUT2D eigenvalue weighted by atomic mass is 10.3. The molecule has 0 saturated heterocycles. The molecule has 0 aliphatic carbocycles. The van der Waals surface area contributed by atoms with Crippen molar-refractivity contribution in [1.82, 2.24) is 9.78 Å². The Morgan fingerprint density at radius 3 is 2.88 bits per heavy atom. The maximum Gasteiger partial charge on any atom is 0.292 e. The first-order valence-corrected chi connectivity index (χ1v) is 5.45. The van der Waals surface area contributed by atoms with Crippen LogP contribution in [0.15, 0.2) is 11.0 Å². The zero-order valence-electron chi connectivity index (χ0n) is 9.24. The Morgan fingerprint density at radius 1 is 1.47 bits per heavy atom. The third-order valence-electron chi connectivity index (χ3n) is 2.04. The maximum atomic E-state index is 11.9. The Balaban J connectivity index is 2.84. The average molecular weight is 250 g/mol. The maximum absolute atomic E-state index is 11.9. The lowest BCUT2D eigenvalue weighted by Crippen LogP contribution is -2.26. The van der Waals surface area contributed by atoms with E-state index in [0.29, 0.717) is 18.7 Å². The third kappa shape index (κ3) is 3.55. The second-order valence-electron chi connectivity index (χ2n) is 3.27. The summed E-state index contributed by atoms with van der Waals surface area (Å²) in [7, 11) is 0. The molecule has 0 fully saturated rings. The molecule has 1 N–H and O–H groups in total. The third-order valence-corrected chi connectivity index (χ3v) is 2.32. The number of nitrogens with zero attached hydrogens (tertiary/aromatic N) is 2. The predicted octanol–water partition coefficient (Wildman–Crippen LogP) is 1.36. The molecule has 1 aromatic heterocycles. The van der Waals surface area contributed by atoms with Gasteiger partial charge in [0.2, 0.25) is 0 Å². The van der Waals surface area contributed by atoms with Crippen molar-refractivity contribution in [2.45, 2.75) is 19.4 Å². The van der Waals surface area contributed by atoms with E-state index in [1.54, 1.807) is 0 Å². The molecule has 0 aliphatic heterocycles. The molecular formula is C12H12ClN3O. The Bertz CT molecular complexity index is 522. The quantitative estimate of drug-likeness (QED) is 0.633. The molecule has 17 heavy (non-hydrogen) atoms. The van der Waals surface area contributed by atoms with Gasteiger partial charge in [0.25, 0.3) is 5.56 Å². The summed E-state index contributed by atoms with van der Waals surface area (Å²) in [5.41, 5.74) is -0.00917. The van der Waals surface area contributed by atoms with E-state index in [0.717, 1.165) is 6.42 Å². The number of nitrogens with one attached hydrogen (secondary N) is 1. The van der Waals surface area contributed by atoms with Gasteiger partial charge in [-0.2, -0.15) is 5.10 Å². The molecule has 0 amide bonds. The van der Waals surface area contributed by atoms with Gasteiger partial charge in [-0.15, -0.1) is 18.8 Å². The van der Waals surface area contributed by atoms with Crippen LogP contribution in [0.4, 0.5) is 5.69 Å². The summed E-state index contributed by atoms with van der Waals surface area (Å²) in [6.07, 6.45) is 13.1. The monoisotopic (exact) mass is 249 g/mol. The molecule has 0 saturated carbocycles. The lowest BCUT2D eigenvalue weighted by Gasteiger charge is -2.08. The van der Waals surface area contributed by atoms with Gasteiger partial charge in [0.15, 0.2) is 0 Å². The van der Waals surface area contributed by atoms with Crippen LogP contribution in [-0.2, 0) is 6.54 Å². The number of terminal acetylenes is 2. The lowest BCUT2D eigenvalue weighted by molar-refractivity contribution is 0.664. The number of rotatable bonds is 5. The summed E-state index contributed by atoms with van der Waals surface area (Å²) in [6.45, 7) is 0.703. The first-order valence-electron chi connectivity index (χ1n) is 5.07. The van der Waals surface area contributed by atoms with E-state index in [1.807, 2.05) is 0 Å². The standard InChI is InChI=1S/C12H12ClN3O/c1-3-5-6-7-14-11-10(13)9-15-16(8-4-2)12(11)17/h1-2,9,14H,5-8H2. The summed E-state index contributed by atoms with van der Waals surface area (Å²) >= 11 is 5.88. The highest BCUT2D eigenvalue weighted by Crippen LogP contribution is 2.14. The number of anilines is 1. The van der Waals surface area contributed by atoms with Crippen LogP contribution in [-0.4, -0.2) is 16.3 Å². The number of halogens is 1. The van der Waals surface area contributed by atoms with Crippen molar-refractivity contribution in [3.05, 3.63) is 21.6 Å². The van der Waals surface area contributed by atoms with E-state index in [-0.39, 0.29) is 17.1 Å². The molecule has 1 heterocycles. The van der Waals surface area contributed by atoms with E-state index in [9.17, 15) is 4.79 Å². The average Bonchev–Trinajstić information content (AvgIpc) is 2.32. The highest BCUT2D eigenvalue weighted by atomic mass is 35.5. The van der Waals surface area contributed by atoms with Gasteiger partial charge >= 0.3 is 0 Å². The van der Waals surface area contributed by atoms with Crippen molar-refractivity contribution in [3.8, 4) is 24.7 Å². The zero-order valence-corrected chi connectivity index (χ0v) is 10.00. The van der Waals surface area contributed by atoms with Gasteiger partial charge in [0.05, 0.1) is 11.2 Å². The van der Waals surface area contributed by atoms with E-state index in [1.165, 1.54) is 10.9 Å². The van der Waals surface area contributed by atoms with Gasteiger partial charge < -0.3 is 5.32 Å². The predicted molar refractivity (Wildman–Crippen MR) is 68.9 cm³/mol. The molecule has 4 nitrogen and oxygen atoms in total. The smallest absolute Gasteiger partial charge is 0.292 e. The molecule has 1 aromatic rings. The number of hydrogen-bond donors (Lipinski definition) is 1. The second-order valence-corrected chi connectivity index (χ2v) is 3.68. The largest absolute Gasteiger partial charge is 0.379 e. The number of aromatic nitrogens is 2. The highest BCUT2D eigenvalue weighted by molar-refractivity contribution is 6.32. The first kappa shape index (κ1) is 13.2. The molecule has 0 aromatic carbocycles. The van der Waals surface area contributed by atoms with E-state index < -0.39 is 0 Å². The summed E-state index contributed by atoms with van der Waals surface area (Å²) in [5, 5.41) is 7.06. The van der Waals surface area contributed by atoms with Gasteiger partial charge in [0, 0.05) is 13.0 Å². The van der Waals surface area contributed by atoms with Crippen molar-refractivity contribution in [1.29, 1.82) is 0 Å². The minimum Gasteiger partial charge on any atom is -0.379 e. The Hall–Kier alpha value is -1.91. The van der Waals surface area contributed by atoms with Crippen molar-refractivity contribution in [2.75, 3.05) is 11.9 Å². The Morgan fingerprint density at radius 2 is 2.24 bits per heavy atom. The van der Waals surface area contributed by atoms with E-state index in [4.69, 9.17) is 24.4 Å². The van der Waals surface area contributed by atoms with Crippen LogP contribution in [0.2, 0.25) is 5.02 Å². The van der Waals surface area contributed by atoms with Crippen LogP contribution < -0.4 is 10.9 Å². The first-order chi connectivity index (χ1) is 8.20. The minimum absolute atomic E-state index is 0.120. The molecular weight excluding hydrogens is 238 g/mol. The van der Waals surface area contributed by atoms with Gasteiger partial charge in [-0.3, -0.25) is 4.79 Å². The summed E-state index contributed by atoms with van der Waals surface area (Å²) in [5.74, 6) is 4.87. The summed E-state index contributed by atoms with van der Waals surface area (Å²) in [4.78, 5) is 11.9. The minimum atomic E-state index is -0.323. The fourth-order valence-electron chi connectivity index (χ4n) is 1.23. The molecule has 0 aliphatic rings. The van der Waals surface area contributed by atoms with Crippen LogP contribution in [0.3, 0.4) is 0 Å². The van der Waals surface area contributed by atoms with Gasteiger partial charge in [-0.25, -0.2) is 4.68 Å².